The third-order valence-corrected chi connectivity index (χ3v) is 5.85. The minimum Gasteiger partial charge on any atom is -0.369 e. The van der Waals surface area contributed by atoms with Crippen molar-refractivity contribution in [1.29, 1.82) is 0 Å². The number of carbonyl (C=O) groups excluding carboxylic acids is 1. The predicted molar refractivity (Wildman–Crippen MR) is 94.6 cm³/mol. The van der Waals surface area contributed by atoms with Crippen LogP contribution in [0.2, 0.25) is 0 Å². The number of rotatable bonds is 5. The van der Waals surface area contributed by atoms with E-state index in [-0.39, 0.29) is 23.2 Å². The van der Waals surface area contributed by atoms with Crippen LogP contribution in [0.3, 0.4) is 0 Å². The number of amides is 1. The molecule has 0 unspecified atom stereocenters. The van der Waals surface area contributed by atoms with Crippen molar-refractivity contribution < 1.29 is 9.18 Å². The predicted octanol–water partition coefficient (Wildman–Crippen LogP) is 2.64. The minimum atomic E-state index is -0.190. The van der Waals surface area contributed by atoms with Crippen LogP contribution in [0.5, 0.6) is 0 Å². The molecule has 2 aliphatic rings. The molecule has 1 aromatic carbocycles. The average molecular weight is 333 g/mol. The lowest BCUT2D eigenvalue weighted by molar-refractivity contribution is -0.128. The van der Waals surface area contributed by atoms with Gasteiger partial charge in [-0.05, 0) is 43.5 Å². The molecule has 2 aliphatic heterocycles. The number of nitrogens with one attached hydrogen (secondary N) is 1. The zero-order chi connectivity index (χ0) is 17.2. The van der Waals surface area contributed by atoms with Gasteiger partial charge in [0, 0.05) is 44.5 Å². The van der Waals surface area contributed by atoms with Gasteiger partial charge in [-0.25, -0.2) is 4.39 Å². The van der Waals surface area contributed by atoms with Gasteiger partial charge in [0.1, 0.15) is 5.82 Å². The Bertz CT molecular complexity index is 562. The number of hydrogen-bond donors (Lipinski definition) is 1. The van der Waals surface area contributed by atoms with Crippen LogP contribution in [0.1, 0.15) is 33.1 Å². The van der Waals surface area contributed by atoms with Gasteiger partial charge < -0.3 is 10.2 Å². The van der Waals surface area contributed by atoms with E-state index >= 15 is 0 Å². The molecular weight excluding hydrogens is 305 g/mol. The number of hydrogen-bond acceptors (Lipinski definition) is 3. The summed E-state index contributed by atoms with van der Waals surface area (Å²) in [5.41, 5.74) is 0.932. The van der Waals surface area contributed by atoms with E-state index < -0.39 is 0 Å². The van der Waals surface area contributed by atoms with Gasteiger partial charge in [-0.2, -0.15) is 0 Å². The average Bonchev–Trinajstić information content (AvgIpc) is 2.92. The van der Waals surface area contributed by atoms with E-state index in [1.54, 1.807) is 0 Å². The lowest BCUT2D eigenvalue weighted by Crippen LogP contribution is -2.50. The summed E-state index contributed by atoms with van der Waals surface area (Å²) < 4.78 is 13.0. The Hall–Kier alpha value is -1.62. The molecule has 2 saturated heterocycles. The maximum Gasteiger partial charge on any atom is 0.226 e. The third-order valence-electron chi connectivity index (χ3n) is 5.85. The van der Waals surface area contributed by atoms with E-state index in [1.165, 1.54) is 12.1 Å². The molecule has 4 nitrogen and oxygen atoms in total. The van der Waals surface area contributed by atoms with Crippen LogP contribution in [0.4, 0.5) is 10.1 Å². The lowest BCUT2D eigenvalue weighted by Gasteiger charge is -2.37. The summed E-state index contributed by atoms with van der Waals surface area (Å²) >= 11 is 0. The Kier molecular flexibility index (Phi) is 5.09. The number of anilines is 1. The molecule has 0 aromatic heterocycles. The molecule has 1 amide bonds. The molecule has 132 valence electrons. The molecule has 24 heavy (non-hydrogen) atoms. The number of piperazine rings is 1. The van der Waals surface area contributed by atoms with Crippen LogP contribution in [-0.2, 0) is 4.79 Å². The third kappa shape index (κ3) is 3.41. The first-order valence-electron chi connectivity index (χ1n) is 9.10. The molecule has 0 saturated carbocycles. The lowest BCUT2D eigenvalue weighted by atomic mass is 9.79. The second kappa shape index (κ2) is 7.09. The Morgan fingerprint density at radius 1 is 1.12 bits per heavy atom. The zero-order valence-corrected chi connectivity index (χ0v) is 14.7. The Morgan fingerprint density at radius 2 is 1.75 bits per heavy atom. The smallest absolute Gasteiger partial charge is 0.226 e. The second-order valence-corrected chi connectivity index (χ2v) is 7.13. The SMILES string of the molecule is CCC1(CC)C[C@H](CN2CCN(c3ccc(F)cc3)CC2)NC1=O. The summed E-state index contributed by atoms with van der Waals surface area (Å²) in [6, 6.07) is 7.00. The summed E-state index contributed by atoms with van der Waals surface area (Å²) in [6.07, 6.45) is 2.80. The summed E-state index contributed by atoms with van der Waals surface area (Å²) in [4.78, 5) is 17.0. The Balaban J connectivity index is 1.51. The van der Waals surface area contributed by atoms with Crippen molar-refractivity contribution in [3.05, 3.63) is 30.1 Å². The first-order valence-corrected chi connectivity index (χ1v) is 9.10. The zero-order valence-electron chi connectivity index (χ0n) is 14.7. The van der Waals surface area contributed by atoms with E-state index in [9.17, 15) is 9.18 Å². The summed E-state index contributed by atoms with van der Waals surface area (Å²) in [6.45, 7) is 9.02. The largest absolute Gasteiger partial charge is 0.369 e. The normalized spacial score (nSPS) is 24.2. The van der Waals surface area contributed by atoms with E-state index in [4.69, 9.17) is 0 Å². The highest BCUT2D eigenvalue weighted by molar-refractivity contribution is 5.85. The Labute approximate surface area is 144 Å². The molecule has 0 bridgehead atoms. The van der Waals surface area contributed by atoms with Crippen LogP contribution >= 0.6 is 0 Å². The van der Waals surface area contributed by atoms with Crippen molar-refractivity contribution in [2.75, 3.05) is 37.6 Å². The van der Waals surface area contributed by atoms with Crippen LogP contribution in [0.25, 0.3) is 0 Å². The molecule has 2 heterocycles. The van der Waals surface area contributed by atoms with Gasteiger partial charge in [0.25, 0.3) is 0 Å². The Morgan fingerprint density at radius 3 is 2.29 bits per heavy atom. The molecule has 3 rings (SSSR count). The van der Waals surface area contributed by atoms with Crippen molar-refractivity contribution in [2.45, 2.75) is 39.2 Å². The maximum atomic E-state index is 13.0. The van der Waals surface area contributed by atoms with E-state index in [0.29, 0.717) is 0 Å². The standard InChI is InChI=1S/C19H28FN3O/c1-3-19(4-2)13-16(21-18(19)24)14-22-9-11-23(12-10-22)17-7-5-15(20)6-8-17/h5-8,16H,3-4,9-14H2,1-2H3,(H,21,24)/t16-/m1/s1. The number of nitrogens with zero attached hydrogens (tertiary/aromatic N) is 2. The van der Waals surface area contributed by atoms with Crippen molar-refractivity contribution in [3.8, 4) is 0 Å². The fourth-order valence-corrected chi connectivity index (χ4v) is 4.08. The van der Waals surface area contributed by atoms with Crippen LogP contribution in [-0.4, -0.2) is 49.6 Å². The highest BCUT2D eigenvalue weighted by Crippen LogP contribution is 2.37. The van der Waals surface area contributed by atoms with Crippen molar-refractivity contribution in [2.24, 2.45) is 5.41 Å². The van der Waals surface area contributed by atoms with E-state index in [1.807, 2.05) is 12.1 Å². The topological polar surface area (TPSA) is 35.6 Å². The van der Waals surface area contributed by atoms with Gasteiger partial charge in [-0.3, -0.25) is 9.69 Å². The van der Waals surface area contributed by atoms with E-state index in [2.05, 4.69) is 29.0 Å². The van der Waals surface area contributed by atoms with Crippen LogP contribution in [0, 0.1) is 11.2 Å². The monoisotopic (exact) mass is 333 g/mol. The first kappa shape index (κ1) is 17.2. The first-order chi connectivity index (χ1) is 11.6. The molecule has 0 spiro atoms. The molecule has 1 aromatic rings. The highest BCUT2D eigenvalue weighted by Gasteiger charge is 2.44. The fraction of sp³-hybridized carbons (Fsp3) is 0.632. The van der Waals surface area contributed by atoms with Gasteiger partial charge >= 0.3 is 0 Å². The minimum absolute atomic E-state index is 0.152. The van der Waals surface area contributed by atoms with Gasteiger partial charge in [0.2, 0.25) is 5.91 Å². The van der Waals surface area contributed by atoms with Crippen LogP contribution in [0.15, 0.2) is 24.3 Å². The molecular formula is C19H28FN3O. The van der Waals surface area contributed by atoms with Gasteiger partial charge in [-0.1, -0.05) is 13.8 Å². The maximum absolute atomic E-state index is 13.0. The number of carbonyl (C=O) groups is 1. The molecule has 2 fully saturated rings. The summed E-state index contributed by atoms with van der Waals surface area (Å²) in [7, 11) is 0. The van der Waals surface area contributed by atoms with E-state index in [0.717, 1.165) is 57.7 Å². The molecule has 0 aliphatic carbocycles. The number of halogens is 1. The van der Waals surface area contributed by atoms with Crippen molar-refractivity contribution >= 4 is 11.6 Å². The molecule has 0 radical (unpaired) electrons. The van der Waals surface area contributed by atoms with Gasteiger partial charge in [-0.15, -0.1) is 0 Å². The van der Waals surface area contributed by atoms with Crippen molar-refractivity contribution in [3.63, 3.8) is 0 Å². The highest BCUT2D eigenvalue weighted by atomic mass is 19.1. The van der Waals surface area contributed by atoms with Gasteiger partial charge in [0.15, 0.2) is 0 Å². The van der Waals surface area contributed by atoms with Crippen LogP contribution < -0.4 is 10.2 Å². The summed E-state index contributed by atoms with van der Waals surface area (Å²) in [5.74, 6) is 0.0483. The van der Waals surface area contributed by atoms with Gasteiger partial charge in [0.05, 0.1) is 5.41 Å². The second-order valence-electron chi connectivity index (χ2n) is 7.13. The van der Waals surface area contributed by atoms with Crippen molar-refractivity contribution in [1.82, 2.24) is 10.2 Å². The molecule has 1 atom stereocenters. The summed E-state index contributed by atoms with van der Waals surface area (Å²) in [5, 5.41) is 3.21. The molecule has 5 heteroatoms. The fourth-order valence-electron chi connectivity index (χ4n) is 4.08. The molecule has 1 N–H and O–H groups in total. The number of benzene rings is 1. The quantitative estimate of drug-likeness (QED) is 0.900.